The summed E-state index contributed by atoms with van der Waals surface area (Å²) in [7, 11) is 0. The van der Waals surface area contributed by atoms with Crippen LogP contribution in [0, 0.1) is 0 Å². The van der Waals surface area contributed by atoms with Gasteiger partial charge in [-0.05, 0) is 61.4 Å². The molecule has 1 saturated carbocycles. The Hall–Kier alpha value is -3.61. The molecule has 2 fully saturated rings. The minimum absolute atomic E-state index is 0.319. The lowest BCUT2D eigenvalue weighted by atomic mass is 9.89. The van der Waals surface area contributed by atoms with E-state index in [0.717, 1.165) is 44.5 Å². The van der Waals surface area contributed by atoms with Gasteiger partial charge in [0.2, 0.25) is 5.95 Å². The summed E-state index contributed by atoms with van der Waals surface area (Å²) in [6.45, 7) is 2.15. The van der Waals surface area contributed by atoms with Crippen molar-refractivity contribution in [1.82, 2.24) is 9.97 Å². The van der Waals surface area contributed by atoms with Crippen LogP contribution in [0.5, 0.6) is 0 Å². The number of anilines is 4. The zero-order chi connectivity index (χ0) is 21.9. The lowest BCUT2D eigenvalue weighted by molar-refractivity contribution is 0.100. The molecule has 1 saturated heterocycles. The molecule has 0 unspecified atom stereocenters. The molecule has 3 aromatic rings. The van der Waals surface area contributed by atoms with Gasteiger partial charge in [0.1, 0.15) is 5.82 Å². The lowest BCUT2D eigenvalue weighted by Gasteiger charge is -2.34. The van der Waals surface area contributed by atoms with Gasteiger partial charge in [0.25, 0.3) is 5.91 Å². The molecule has 1 amide bonds. The lowest BCUT2D eigenvalue weighted by Crippen LogP contribution is -2.32. The average Bonchev–Trinajstić information content (AvgIpc) is 3.64. The highest BCUT2D eigenvalue weighted by atomic mass is 16.1. The maximum absolute atomic E-state index is 11.7. The number of amides is 1. The predicted molar refractivity (Wildman–Crippen MR) is 128 cm³/mol. The van der Waals surface area contributed by atoms with Crippen LogP contribution in [0.1, 0.15) is 47.5 Å². The number of carbonyl (C=O) groups excluding carboxylic acids is 1. The predicted octanol–water partition coefficient (Wildman–Crippen LogP) is 4.28. The fourth-order valence-electron chi connectivity index (χ4n) is 4.23. The largest absolute Gasteiger partial charge is 0.371 e. The van der Waals surface area contributed by atoms with Crippen LogP contribution in [0.15, 0.2) is 60.8 Å². The molecule has 5 rings (SSSR count). The van der Waals surface area contributed by atoms with E-state index in [1.54, 1.807) is 0 Å². The van der Waals surface area contributed by atoms with Gasteiger partial charge >= 0.3 is 0 Å². The number of hydrogen-bond donors (Lipinski definition) is 3. The number of nitrogens with one attached hydrogen (secondary N) is 2. The van der Waals surface area contributed by atoms with E-state index in [1.807, 2.05) is 0 Å². The molecular formula is C25H28N6O. The SMILES string of the molecule is NC(=O)c1cnc(Nc2ccc(C3CCN(c4ccccc4)CC3)cc2)nc1NC1CC1. The van der Waals surface area contributed by atoms with E-state index in [1.165, 1.54) is 17.4 Å². The summed E-state index contributed by atoms with van der Waals surface area (Å²) in [5, 5.41) is 6.50. The Balaban J connectivity index is 1.22. The van der Waals surface area contributed by atoms with Crippen molar-refractivity contribution < 1.29 is 4.79 Å². The Morgan fingerprint density at radius 1 is 0.969 bits per heavy atom. The second-order valence-corrected chi connectivity index (χ2v) is 8.58. The third-order valence-corrected chi connectivity index (χ3v) is 6.23. The van der Waals surface area contributed by atoms with E-state index >= 15 is 0 Å². The van der Waals surface area contributed by atoms with Crippen molar-refractivity contribution in [2.24, 2.45) is 5.73 Å². The molecule has 7 heteroatoms. The zero-order valence-electron chi connectivity index (χ0n) is 18.0. The number of carbonyl (C=O) groups is 1. The van der Waals surface area contributed by atoms with Crippen LogP contribution in [0.25, 0.3) is 0 Å². The van der Waals surface area contributed by atoms with E-state index in [9.17, 15) is 4.79 Å². The normalized spacial score (nSPS) is 16.6. The molecule has 0 bridgehead atoms. The number of nitrogens with two attached hydrogens (primary N) is 1. The smallest absolute Gasteiger partial charge is 0.254 e. The molecule has 1 aliphatic heterocycles. The average molecular weight is 429 g/mol. The van der Waals surface area contributed by atoms with Crippen molar-refractivity contribution in [2.45, 2.75) is 37.6 Å². The van der Waals surface area contributed by atoms with Gasteiger partial charge in [0.05, 0.1) is 5.56 Å². The molecular weight excluding hydrogens is 400 g/mol. The number of piperidine rings is 1. The summed E-state index contributed by atoms with van der Waals surface area (Å²) >= 11 is 0. The molecule has 4 N–H and O–H groups in total. The van der Waals surface area contributed by atoms with Gasteiger partial charge in [-0.3, -0.25) is 4.79 Å². The van der Waals surface area contributed by atoms with E-state index in [2.05, 4.69) is 80.1 Å². The zero-order valence-corrected chi connectivity index (χ0v) is 18.0. The Morgan fingerprint density at radius 2 is 1.69 bits per heavy atom. The molecule has 2 aliphatic rings. The summed E-state index contributed by atoms with van der Waals surface area (Å²) in [6, 6.07) is 19.5. The van der Waals surface area contributed by atoms with Gasteiger partial charge in [-0.15, -0.1) is 0 Å². The minimum Gasteiger partial charge on any atom is -0.371 e. The van der Waals surface area contributed by atoms with Gasteiger partial charge in [0, 0.05) is 36.7 Å². The first-order valence-corrected chi connectivity index (χ1v) is 11.3. The number of hydrogen-bond acceptors (Lipinski definition) is 6. The monoisotopic (exact) mass is 428 g/mol. The molecule has 1 aromatic heterocycles. The van der Waals surface area contributed by atoms with Crippen molar-refractivity contribution in [1.29, 1.82) is 0 Å². The highest BCUT2D eigenvalue weighted by molar-refractivity contribution is 5.97. The van der Waals surface area contributed by atoms with Gasteiger partial charge in [-0.25, -0.2) is 4.98 Å². The summed E-state index contributed by atoms with van der Waals surface area (Å²) < 4.78 is 0. The van der Waals surface area contributed by atoms with E-state index in [0.29, 0.717) is 29.3 Å². The summed E-state index contributed by atoms with van der Waals surface area (Å²) in [4.78, 5) is 22.9. The van der Waals surface area contributed by atoms with Gasteiger partial charge in [-0.2, -0.15) is 4.98 Å². The van der Waals surface area contributed by atoms with Crippen LogP contribution < -0.4 is 21.3 Å². The fourth-order valence-corrected chi connectivity index (χ4v) is 4.23. The first-order chi connectivity index (χ1) is 15.7. The summed E-state index contributed by atoms with van der Waals surface area (Å²) in [5.41, 5.74) is 9.37. The van der Waals surface area contributed by atoms with Crippen molar-refractivity contribution in [3.8, 4) is 0 Å². The number of nitrogens with zero attached hydrogens (tertiary/aromatic N) is 3. The third-order valence-electron chi connectivity index (χ3n) is 6.23. The van der Waals surface area contributed by atoms with E-state index in [-0.39, 0.29) is 0 Å². The van der Waals surface area contributed by atoms with Crippen LogP contribution in [0.4, 0.5) is 23.1 Å². The molecule has 2 aromatic carbocycles. The highest BCUT2D eigenvalue weighted by Gasteiger charge is 2.24. The number of para-hydroxylation sites is 1. The topological polar surface area (TPSA) is 96.2 Å². The van der Waals surface area contributed by atoms with Gasteiger partial charge < -0.3 is 21.3 Å². The molecule has 32 heavy (non-hydrogen) atoms. The third kappa shape index (κ3) is 4.66. The minimum atomic E-state index is -0.526. The Morgan fingerprint density at radius 3 is 2.34 bits per heavy atom. The van der Waals surface area contributed by atoms with Crippen molar-refractivity contribution in [2.75, 3.05) is 28.6 Å². The summed E-state index contributed by atoms with van der Waals surface area (Å²) in [5.74, 6) is 0.994. The second-order valence-electron chi connectivity index (χ2n) is 8.58. The van der Waals surface area contributed by atoms with E-state index < -0.39 is 5.91 Å². The Kier molecular flexibility index (Phi) is 5.62. The molecule has 0 atom stereocenters. The molecule has 0 spiro atoms. The fraction of sp³-hybridized carbons (Fsp3) is 0.320. The number of rotatable bonds is 7. The van der Waals surface area contributed by atoms with Crippen molar-refractivity contribution >= 4 is 29.0 Å². The van der Waals surface area contributed by atoms with Crippen molar-refractivity contribution in [3.63, 3.8) is 0 Å². The van der Waals surface area contributed by atoms with E-state index in [4.69, 9.17) is 5.73 Å². The highest BCUT2D eigenvalue weighted by Crippen LogP contribution is 2.31. The Labute approximate surface area is 188 Å². The van der Waals surface area contributed by atoms with Crippen LogP contribution in [0.3, 0.4) is 0 Å². The van der Waals surface area contributed by atoms with Gasteiger partial charge in [0.15, 0.2) is 0 Å². The number of aromatic nitrogens is 2. The van der Waals surface area contributed by atoms with Gasteiger partial charge in [-0.1, -0.05) is 30.3 Å². The molecule has 1 aliphatic carbocycles. The van der Waals surface area contributed by atoms with Crippen molar-refractivity contribution in [3.05, 3.63) is 71.9 Å². The first-order valence-electron chi connectivity index (χ1n) is 11.3. The summed E-state index contributed by atoms with van der Waals surface area (Å²) in [6.07, 6.45) is 5.94. The molecule has 2 heterocycles. The first kappa shape index (κ1) is 20.3. The van der Waals surface area contributed by atoms with Crippen LogP contribution in [0.2, 0.25) is 0 Å². The molecule has 7 nitrogen and oxygen atoms in total. The molecule has 0 radical (unpaired) electrons. The quantitative estimate of drug-likeness (QED) is 0.520. The second kappa shape index (κ2) is 8.86. The Bertz CT molecular complexity index is 1070. The van der Waals surface area contributed by atoms with Crippen LogP contribution in [-0.2, 0) is 0 Å². The maximum Gasteiger partial charge on any atom is 0.254 e. The number of benzene rings is 2. The van der Waals surface area contributed by atoms with Crippen LogP contribution in [-0.4, -0.2) is 35.0 Å². The standard InChI is InChI=1S/C25H28N6O/c26-23(32)22-16-27-25(30-24(22)28-19-10-11-19)29-20-8-6-17(7-9-20)18-12-14-31(15-13-18)21-4-2-1-3-5-21/h1-9,16,18-19H,10-15H2,(H2,26,32)(H2,27,28,29,30). The number of primary amides is 1. The van der Waals surface area contributed by atoms with Crippen LogP contribution >= 0.6 is 0 Å². The molecule has 164 valence electrons. The maximum atomic E-state index is 11.7.